The predicted molar refractivity (Wildman–Crippen MR) is 80.6 cm³/mol. The van der Waals surface area contributed by atoms with E-state index in [-0.39, 0.29) is 0 Å². The second kappa shape index (κ2) is 5.21. The lowest BCUT2D eigenvalue weighted by Gasteiger charge is -2.11. The van der Waals surface area contributed by atoms with Crippen LogP contribution in [0.4, 0.5) is 0 Å². The second-order valence-electron chi connectivity index (χ2n) is 4.79. The molecule has 20 heavy (non-hydrogen) atoms. The number of nitrogens with zero attached hydrogens (tertiary/aromatic N) is 2. The minimum absolute atomic E-state index is 0.837. The molecule has 1 aliphatic heterocycles. The van der Waals surface area contributed by atoms with Gasteiger partial charge in [-0.15, -0.1) is 0 Å². The average molecular weight is 265 g/mol. The highest BCUT2D eigenvalue weighted by molar-refractivity contribution is 5.69. The quantitative estimate of drug-likeness (QED) is 0.777. The Hall–Kier alpha value is -2.55. The zero-order valence-electron chi connectivity index (χ0n) is 11.7. The molecule has 0 amide bonds. The summed E-state index contributed by atoms with van der Waals surface area (Å²) in [4.78, 5) is 2.01. The summed E-state index contributed by atoms with van der Waals surface area (Å²) in [6.45, 7) is 0. The van der Waals surface area contributed by atoms with Gasteiger partial charge in [-0.3, -0.25) is 0 Å². The van der Waals surface area contributed by atoms with E-state index in [1.807, 2.05) is 66.3 Å². The van der Waals surface area contributed by atoms with Crippen LogP contribution >= 0.6 is 0 Å². The minimum Gasteiger partial charge on any atom is -0.398 e. The fourth-order valence-corrected chi connectivity index (χ4v) is 2.13. The van der Waals surface area contributed by atoms with Crippen LogP contribution in [0, 0.1) is 0 Å². The molecule has 1 aromatic heterocycles. The Morgan fingerprint density at radius 3 is 2.65 bits per heavy atom. The molecule has 0 fully saturated rings. The van der Waals surface area contributed by atoms with E-state index in [2.05, 4.69) is 24.3 Å². The number of benzene rings is 1. The van der Waals surface area contributed by atoms with Gasteiger partial charge in [-0.1, -0.05) is 24.3 Å². The third kappa shape index (κ3) is 2.43. The predicted octanol–water partition coefficient (Wildman–Crippen LogP) is 3.17. The molecule has 1 aliphatic rings. The van der Waals surface area contributed by atoms with Gasteiger partial charge in [0.15, 0.2) is 0 Å². The fourth-order valence-electron chi connectivity index (χ4n) is 2.13. The lowest BCUT2D eigenvalue weighted by atomic mass is 10.2. The van der Waals surface area contributed by atoms with E-state index < -0.39 is 0 Å². The molecule has 0 saturated heterocycles. The maximum atomic E-state index is 5.81. The van der Waals surface area contributed by atoms with Crippen LogP contribution in [-0.2, 0) is 7.05 Å². The summed E-state index contributed by atoms with van der Waals surface area (Å²) in [6, 6.07) is 8.03. The maximum absolute atomic E-state index is 5.81. The summed E-state index contributed by atoms with van der Waals surface area (Å²) in [6.07, 6.45) is 14.3. The Bertz CT molecular complexity index is 731. The third-order valence-corrected chi connectivity index (χ3v) is 3.30. The molecule has 100 valence electrons. The zero-order valence-corrected chi connectivity index (χ0v) is 11.7. The highest BCUT2D eigenvalue weighted by Gasteiger charge is 2.14. The Kier molecular flexibility index (Phi) is 3.25. The molecule has 0 unspecified atom stereocenters. The minimum atomic E-state index is 0.837. The summed E-state index contributed by atoms with van der Waals surface area (Å²) in [7, 11) is 4.02. The first-order valence-corrected chi connectivity index (χ1v) is 6.58. The van der Waals surface area contributed by atoms with E-state index in [4.69, 9.17) is 4.42 Å². The van der Waals surface area contributed by atoms with Gasteiger partial charge in [-0.2, -0.15) is 4.57 Å². The van der Waals surface area contributed by atoms with Crippen molar-refractivity contribution in [3.63, 3.8) is 0 Å². The van der Waals surface area contributed by atoms with Crippen LogP contribution in [0.15, 0.2) is 71.0 Å². The van der Waals surface area contributed by atoms with Crippen LogP contribution in [0.3, 0.4) is 0 Å². The monoisotopic (exact) mass is 265 g/mol. The van der Waals surface area contributed by atoms with Crippen LogP contribution in [0.25, 0.3) is 17.2 Å². The second-order valence-corrected chi connectivity index (χ2v) is 4.79. The van der Waals surface area contributed by atoms with Crippen molar-refractivity contribution in [2.45, 2.75) is 0 Å². The van der Waals surface area contributed by atoms with Crippen molar-refractivity contribution in [1.82, 2.24) is 4.90 Å². The number of allylic oxidation sites excluding steroid dienone is 5. The average Bonchev–Trinajstić information content (AvgIpc) is 2.78. The molecule has 0 N–H and O–H groups in total. The Morgan fingerprint density at radius 1 is 1.15 bits per heavy atom. The van der Waals surface area contributed by atoms with E-state index in [0.29, 0.717) is 0 Å². The number of para-hydroxylation sites is 2. The van der Waals surface area contributed by atoms with Gasteiger partial charge in [0.05, 0.1) is 6.08 Å². The van der Waals surface area contributed by atoms with E-state index in [9.17, 15) is 0 Å². The molecule has 0 aliphatic carbocycles. The van der Waals surface area contributed by atoms with E-state index in [0.717, 1.165) is 22.6 Å². The summed E-state index contributed by atoms with van der Waals surface area (Å²) >= 11 is 0. The zero-order chi connectivity index (χ0) is 13.9. The van der Waals surface area contributed by atoms with Crippen LogP contribution in [0.5, 0.6) is 0 Å². The topological polar surface area (TPSA) is 20.3 Å². The number of aryl methyl sites for hydroxylation is 1. The number of hydrogen-bond donors (Lipinski definition) is 0. The number of rotatable bonds is 2. The first kappa shape index (κ1) is 12.5. The number of aromatic nitrogens is 1. The van der Waals surface area contributed by atoms with Crippen LogP contribution in [0.2, 0.25) is 0 Å². The highest BCUT2D eigenvalue weighted by Crippen LogP contribution is 2.14. The van der Waals surface area contributed by atoms with Crippen molar-refractivity contribution in [1.29, 1.82) is 0 Å². The molecule has 0 saturated carbocycles. The Morgan fingerprint density at radius 2 is 1.90 bits per heavy atom. The largest absolute Gasteiger partial charge is 0.398 e. The molecular weight excluding hydrogens is 248 g/mol. The van der Waals surface area contributed by atoms with Crippen LogP contribution < -0.4 is 4.57 Å². The van der Waals surface area contributed by atoms with Gasteiger partial charge >= 0.3 is 5.89 Å². The molecule has 0 bridgehead atoms. The molecular formula is C17H17N2O+. The normalized spacial score (nSPS) is 14.7. The molecule has 3 rings (SSSR count). The number of hydrogen-bond acceptors (Lipinski definition) is 2. The molecule has 0 spiro atoms. The van der Waals surface area contributed by atoms with Crippen LogP contribution in [-0.4, -0.2) is 11.9 Å². The van der Waals surface area contributed by atoms with Gasteiger partial charge in [0.2, 0.25) is 5.58 Å². The van der Waals surface area contributed by atoms with Crippen LogP contribution in [0.1, 0.15) is 5.89 Å². The van der Waals surface area contributed by atoms with Gasteiger partial charge < -0.3 is 9.32 Å². The van der Waals surface area contributed by atoms with Gasteiger partial charge in [-0.05, 0) is 23.8 Å². The lowest BCUT2D eigenvalue weighted by molar-refractivity contribution is -0.652. The van der Waals surface area contributed by atoms with Crippen molar-refractivity contribution >= 4 is 17.2 Å². The van der Waals surface area contributed by atoms with E-state index in [1.165, 1.54) is 0 Å². The molecule has 2 heterocycles. The molecule has 3 nitrogen and oxygen atoms in total. The van der Waals surface area contributed by atoms with Gasteiger partial charge in [-0.25, -0.2) is 0 Å². The van der Waals surface area contributed by atoms with Crippen molar-refractivity contribution in [3.8, 4) is 0 Å². The SMILES string of the molecule is CN1C=CC(=C/C=C/c2oc3ccccc3[n+]2C)C=C1. The molecule has 3 heteroatoms. The highest BCUT2D eigenvalue weighted by atomic mass is 16.3. The summed E-state index contributed by atoms with van der Waals surface area (Å²) in [5.41, 5.74) is 3.17. The third-order valence-electron chi connectivity index (χ3n) is 3.30. The Balaban J connectivity index is 1.85. The standard InChI is InChI=1S/C17H17N2O/c1-18-12-10-14(11-13-18)6-5-9-17-19(2)15-7-3-4-8-16(15)20-17/h3-13H,1-2H3/q+1. The lowest BCUT2D eigenvalue weighted by Crippen LogP contribution is -2.29. The first-order valence-electron chi connectivity index (χ1n) is 6.58. The maximum Gasteiger partial charge on any atom is 0.373 e. The number of oxazole rings is 1. The smallest absolute Gasteiger partial charge is 0.373 e. The Labute approximate surface area is 118 Å². The summed E-state index contributed by atoms with van der Waals surface area (Å²) < 4.78 is 7.85. The van der Waals surface area contributed by atoms with E-state index in [1.54, 1.807) is 0 Å². The van der Waals surface area contributed by atoms with Crippen molar-refractivity contribution in [3.05, 3.63) is 72.4 Å². The summed E-state index contributed by atoms with van der Waals surface area (Å²) in [5.74, 6) is 0.837. The van der Waals surface area contributed by atoms with Crippen molar-refractivity contribution in [2.75, 3.05) is 7.05 Å². The molecule has 1 aromatic carbocycles. The van der Waals surface area contributed by atoms with Crippen molar-refractivity contribution < 1.29 is 8.98 Å². The van der Waals surface area contributed by atoms with Gasteiger partial charge in [0.1, 0.15) is 7.05 Å². The molecule has 0 atom stereocenters. The first-order chi connectivity index (χ1) is 9.74. The van der Waals surface area contributed by atoms with Gasteiger partial charge in [0.25, 0.3) is 5.52 Å². The van der Waals surface area contributed by atoms with E-state index >= 15 is 0 Å². The fraction of sp³-hybridized carbons (Fsp3) is 0.118. The van der Waals surface area contributed by atoms with Gasteiger partial charge in [0, 0.05) is 25.5 Å². The number of fused-ring (bicyclic) bond motifs is 1. The molecule has 0 radical (unpaired) electrons. The molecule has 2 aromatic rings. The van der Waals surface area contributed by atoms with Crippen molar-refractivity contribution in [2.24, 2.45) is 7.05 Å². The summed E-state index contributed by atoms with van der Waals surface area (Å²) in [5, 5.41) is 0.